The maximum absolute atomic E-state index is 5.88. The predicted octanol–water partition coefficient (Wildman–Crippen LogP) is 2.56. The molecule has 0 fully saturated rings. The third-order valence-electron chi connectivity index (χ3n) is 1.51. The standard InChI is InChI=1S/C10H11ClN2/c1-2-3-4-6-13-10-5-7-12-8-9(10)11/h5,7-8H,4,6H2,1H3,(H,12,13). The maximum Gasteiger partial charge on any atom is 0.0820 e. The first-order valence-electron chi connectivity index (χ1n) is 4.07. The van der Waals surface area contributed by atoms with Crippen LogP contribution in [0.2, 0.25) is 5.02 Å². The molecular weight excluding hydrogens is 184 g/mol. The number of nitrogens with zero attached hydrogens (tertiary/aromatic N) is 1. The Morgan fingerprint density at radius 3 is 3.15 bits per heavy atom. The second-order valence-electron chi connectivity index (χ2n) is 2.46. The highest BCUT2D eigenvalue weighted by atomic mass is 35.5. The van der Waals surface area contributed by atoms with Gasteiger partial charge in [-0.25, -0.2) is 0 Å². The van der Waals surface area contributed by atoms with Crippen LogP contribution < -0.4 is 5.32 Å². The van der Waals surface area contributed by atoms with Crippen LogP contribution in [0.1, 0.15) is 13.3 Å². The van der Waals surface area contributed by atoms with Crippen molar-refractivity contribution in [3.05, 3.63) is 23.5 Å². The molecule has 1 rings (SSSR count). The van der Waals surface area contributed by atoms with E-state index in [0.717, 1.165) is 18.7 Å². The Kier molecular flexibility index (Phi) is 4.14. The van der Waals surface area contributed by atoms with E-state index in [1.54, 1.807) is 12.4 Å². The van der Waals surface area contributed by atoms with Crippen LogP contribution in [-0.4, -0.2) is 11.5 Å². The molecule has 0 radical (unpaired) electrons. The summed E-state index contributed by atoms with van der Waals surface area (Å²) in [6.45, 7) is 2.64. The van der Waals surface area contributed by atoms with Gasteiger partial charge >= 0.3 is 0 Å². The molecule has 0 bridgehead atoms. The van der Waals surface area contributed by atoms with E-state index in [1.807, 2.05) is 13.0 Å². The van der Waals surface area contributed by atoms with Gasteiger partial charge < -0.3 is 5.32 Å². The summed E-state index contributed by atoms with van der Waals surface area (Å²) >= 11 is 5.88. The van der Waals surface area contributed by atoms with Crippen molar-refractivity contribution in [1.82, 2.24) is 4.98 Å². The Labute approximate surface area is 83.3 Å². The zero-order valence-electron chi connectivity index (χ0n) is 7.47. The molecule has 0 atom stereocenters. The molecule has 68 valence electrons. The number of pyridine rings is 1. The summed E-state index contributed by atoms with van der Waals surface area (Å²) in [5.74, 6) is 5.80. The minimum absolute atomic E-state index is 0.645. The van der Waals surface area contributed by atoms with Crippen LogP contribution in [0.3, 0.4) is 0 Å². The van der Waals surface area contributed by atoms with Crippen molar-refractivity contribution < 1.29 is 0 Å². The van der Waals surface area contributed by atoms with Gasteiger partial charge in [0.25, 0.3) is 0 Å². The number of nitrogens with one attached hydrogen (secondary N) is 1. The van der Waals surface area contributed by atoms with Crippen LogP contribution in [0, 0.1) is 11.8 Å². The molecule has 0 amide bonds. The maximum atomic E-state index is 5.88. The molecule has 0 aromatic carbocycles. The van der Waals surface area contributed by atoms with E-state index < -0.39 is 0 Å². The van der Waals surface area contributed by atoms with Crippen LogP contribution in [-0.2, 0) is 0 Å². The van der Waals surface area contributed by atoms with Crippen LogP contribution >= 0.6 is 11.6 Å². The summed E-state index contributed by atoms with van der Waals surface area (Å²) in [4.78, 5) is 3.89. The quantitative estimate of drug-likeness (QED) is 0.591. The smallest absolute Gasteiger partial charge is 0.0820 e. The fraction of sp³-hybridized carbons (Fsp3) is 0.300. The first kappa shape index (κ1) is 9.88. The number of hydrogen-bond acceptors (Lipinski definition) is 2. The molecule has 13 heavy (non-hydrogen) atoms. The molecule has 0 aliphatic rings. The molecular formula is C10H11ClN2. The van der Waals surface area contributed by atoms with Gasteiger partial charge in [0.2, 0.25) is 0 Å². The van der Waals surface area contributed by atoms with Crippen molar-refractivity contribution in [3.8, 4) is 11.8 Å². The van der Waals surface area contributed by atoms with Gasteiger partial charge in [-0.1, -0.05) is 11.6 Å². The van der Waals surface area contributed by atoms with Crippen LogP contribution in [0.5, 0.6) is 0 Å². The van der Waals surface area contributed by atoms with E-state index in [2.05, 4.69) is 22.1 Å². The van der Waals surface area contributed by atoms with Crippen LogP contribution in [0.15, 0.2) is 18.5 Å². The fourth-order valence-electron chi connectivity index (χ4n) is 0.903. The van der Waals surface area contributed by atoms with Crippen molar-refractivity contribution in [1.29, 1.82) is 0 Å². The van der Waals surface area contributed by atoms with E-state index in [4.69, 9.17) is 11.6 Å². The van der Waals surface area contributed by atoms with E-state index in [0.29, 0.717) is 5.02 Å². The lowest BCUT2D eigenvalue weighted by Crippen LogP contribution is -2.00. The van der Waals surface area contributed by atoms with E-state index >= 15 is 0 Å². The minimum Gasteiger partial charge on any atom is -0.383 e. The van der Waals surface area contributed by atoms with Crippen molar-refractivity contribution in [3.63, 3.8) is 0 Å². The zero-order valence-corrected chi connectivity index (χ0v) is 8.23. The van der Waals surface area contributed by atoms with Crippen molar-refractivity contribution in [2.75, 3.05) is 11.9 Å². The molecule has 0 unspecified atom stereocenters. The Balaban J connectivity index is 2.44. The Bertz CT molecular complexity index is 325. The van der Waals surface area contributed by atoms with Crippen molar-refractivity contribution >= 4 is 17.3 Å². The lowest BCUT2D eigenvalue weighted by atomic mass is 10.3. The van der Waals surface area contributed by atoms with Crippen molar-refractivity contribution in [2.45, 2.75) is 13.3 Å². The molecule has 1 aromatic rings. The molecule has 0 saturated carbocycles. The highest BCUT2D eigenvalue weighted by molar-refractivity contribution is 6.33. The lowest BCUT2D eigenvalue weighted by Gasteiger charge is -2.04. The summed E-state index contributed by atoms with van der Waals surface area (Å²) < 4.78 is 0. The predicted molar refractivity (Wildman–Crippen MR) is 55.8 cm³/mol. The topological polar surface area (TPSA) is 24.9 Å². The van der Waals surface area contributed by atoms with Gasteiger partial charge in [0, 0.05) is 25.4 Å². The summed E-state index contributed by atoms with van der Waals surface area (Å²) in [5.41, 5.74) is 0.912. The first-order chi connectivity index (χ1) is 6.34. The summed E-state index contributed by atoms with van der Waals surface area (Å²) in [7, 11) is 0. The van der Waals surface area contributed by atoms with Gasteiger partial charge in [-0.2, -0.15) is 0 Å². The number of halogens is 1. The van der Waals surface area contributed by atoms with E-state index in [-0.39, 0.29) is 0 Å². The van der Waals surface area contributed by atoms with Gasteiger partial charge in [-0.3, -0.25) is 4.98 Å². The van der Waals surface area contributed by atoms with Gasteiger partial charge in [-0.15, -0.1) is 11.8 Å². The Hall–Kier alpha value is -1.20. The third-order valence-corrected chi connectivity index (χ3v) is 1.82. The molecule has 0 aliphatic heterocycles. The summed E-state index contributed by atoms with van der Waals surface area (Å²) in [5, 5.41) is 3.82. The van der Waals surface area contributed by atoms with E-state index in [1.165, 1.54) is 0 Å². The molecule has 0 aliphatic carbocycles. The fourth-order valence-corrected chi connectivity index (χ4v) is 1.09. The van der Waals surface area contributed by atoms with Gasteiger partial charge in [0.1, 0.15) is 0 Å². The number of aromatic nitrogens is 1. The highest BCUT2D eigenvalue weighted by Gasteiger charge is 1.95. The SMILES string of the molecule is CC#CCCNc1ccncc1Cl. The molecule has 1 heterocycles. The van der Waals surface area contributed by atoms with Crippen molar-refractivity contribution in [2.24, 2.45) is 0 Å². The monoisotopic (exact) mass is 194 g/mol. The minimum atomic E-state index is 0.645. The van der Waals surface area contributed by atoms with Gasteiger partial charge in [-0.05, 0) is 13.0 Å². The molecule has 0 spiro atoms. The molecule has 1 aromatic heterocycles. The summed E-state index contributed by atoms with van der Waals surface area (Å²) in [6.07, 6.45) is 4.16. The second kappa shape index (κ2) is 5.45. The number of anilines is 1. The average Bonchev–Trinajstić information content (AvgIpc) is 2.15. The number of rotatable bonds is 3. The highest BCUT2D eigenvalue weighted by Crippen LogP contribution is 2.18. The molecule has 2 nitrogen and oxygen atoms in total. The van der Waals surface area contributed by atoms with E-state index in [9.17, 15) is 0 Å². The molecule has 3 heteroatoms. The van der Waals surface area contributed by atoms with Gasteiger partial charge in [0.05, 0.1) is 10.7 Å². The zero-order chi connectivity index (χ0) is 9.52. The largest absolute Gasteiger partial charge is 0.383 e. The molecule has 1 N–H and O–H groups in total. The first-order valence-corrected chi connectivity index (χ1v) is 4.45. The lowest BCUT2D eigenvalue weighted by molar-refractivity contribution is 1.09. The Morgan fingerprint density at radius 1 is 1.62 bits per heavy atom. The third kappa shape index (κ3) is 3.35. The summed E-state index contributed by atoms with van der Waals surface area (Å²) in [6, 6.07) is 1.85. The second-order valence-corrected chi connectivity index (χ2v) is 2.87. The normalized spacial score (nSPS) is 8.77. The Morgan fingerprint density at radius 2 is 2.46 bits per heavy atom. The average molecular weight is 195 g/mol. The van der Waals surface area contributed by atoms with Gasteiger partial charge in [0.15, 0.2) is 0 Å². The van der Waals surface area contributed by atoms with Crippen LogP contribution in [0.25, 0.3) is 0 Å². The van der Waals surface area contributed by atoms with Crippen LogP contribution in [0.4, 0.5) is 5.69 Å². The number of hydrogen-bond donors (Lipinski definition) is 1. The molecule has 0 saturated heterocycles.